The van der Waals surface area contributed by atoms with Crippen molar-refractivity contribution in [2.75, 3.05) is 0 Å². The van der Waals surface area contributed by atoms with Gasteiger partial charge in [-0.2, -0.15) is 0 Å². The molecule has 5 nitrogen and oxygen atoms in total. The van der Waals surface area contributed by atoms with Gasteiger partial charge in [0.2, 0.25) is 0 Å². The predicted octanol–water partition coefficient (Wildman–Crippen LogP) is 2.12. The molecule has 22 heavy (non-hydrogen) atoms. The molecule has 0 aliphatic rings. The van der Waals surface area contributed by atoms with Crippen LogP contribution < -0.4 is 10.4 Å². The Bertz CT molecular complexity index is 517. The third-order valence-corrected chi connectivity index (χ3v) is 2.66. The molecule has 0 saturated heterocycles. The van der Waals surface area contributed by atoms with Crippen LogP contribution in [0.3, 0.4) is 0 Å². The molecule has 0 saturated carbocycles. The highest BCUT2D eigenvalue weighted by molar-refractivity contribution is 5.70. The first-order valence-corrected chi connectivity index (χ1v) is 7.17. The van der Waals surface area contributed by atoms with Gasteiger partial charge in [-0.05, 0) is 32.8 Å². The molecule has 0 aliphatic heterocycles. The average Bonchev–Trinajstić information content (AvgIpc) is 2.36. The van der Waals surface area contributed by atoms with Gasteiger partial charge in [0.1, 0.15) is 5.60 Å². The van der Waals surface area contributed by atoms with Crippen LogP contribution in [-0.4, -0.2) is 23.7 Å². The quantitative estimate of drug-likeness (QED) is 0.873. The van der Waals surface area contributed by atoms with E-state index in [1.165, 1.54) is 0 Å². The van der Waals surface area contributed by atoms with E-state index in [0.717, 1.165) is 5.56 Å². The van der Waals surface area contributed by atoms with Crippen LogP contribution in [0.25, 0.3) is 6.08 Å². The molecule has 0 unspecified atom stereocenters. The van der Waals surface area contributed by atoms with Gasteiger partial charge in [-0.3, -0.25) is 0 Å². The van der Waals surface area contributed by atoms with Gasteiger partial charge in [-0.15, -0.1) is 0 Å². The summed E-state index contributed by atoms with van der Waals surface area (Å²) >= 11 is 0. The summed E-state index contributed by atoms with van der Waals surface area (Å²) < 4.78 is 5.13. The lowest BCUT2D eigenvalue weighted by molar-refractivity contribution is -0.306. The number of hydrogen-bond donors (Lipinski definition) is 1. The molecule has 0 bridgehead atoms. The molecule has 0 fully saturated rings. The molecule has 0 aliphatic carbocycles. The van der Waals surface area contributed by atoms with Gasteiger partial charge in [-0.1, -0.05) is 42.5 Å². The van der Waals surface area contributed by atoms with Crippen LogP contribution in [0.1, 0.15) is 39.2 Å². The number of nitrogens with one attached hydrogen (secondary N) is 1. The second-order valence-electron chi connectivity index (χ2n) is 5.97. The van der Waals surface area contributed by atoms with E-state index in [4.69, 9.17) is 4.74 Å². The third kappa shape index (κ3) is 8.09. The number of carboxylic acid groups (broad SMARTS) is 1. The Morgan fingerprint density at radius 2 is 1.91 bits per heavy atom. The SMILES string of the molecule is CC(C)(C)OC(=O)N[C@@H](C/C=C/c1ccccc1)CC(=O)[O-]. The minimum Gasteiger partial charge on any atom is -0.550 e. The molecule has 0 radical (unpaired) electrons. The standard InChI is InChI=1S/C17H23NO4/c1-17(2,3)22-16(21)18-14(12-15(19)20)11-7-10-13-8-5-4-6-9-13/h4-10,14H,11-12H2,1-3H3,(H,18,21)(H,19,20)/p-1/b10-7+/t14-/m0/s1. The summed E-state index contributed by atoms with van der Waals surface area (Å²) in [5.74, 6) is -1.21. The fourth-order valence-electron chi connectivity index (χ4n) is 1.80. The summed E-state index contributed by atoms with van der Waals surface area (Å²) in [6.45, 7) is 5.24. The van der Waals surface area contributed by atoms with E-state index in [9.17, 15) is 14.7 Å². The Morgan fingerprint density at radius 1 is 1.27 bits per heavy atom. The Kier molecular flexibility index (Phi) is 6.63. The number of carbonyl (C=O) groups is 2. The van der Waals surface area contributed by atoms with Gasteiger partial charge in [0.15, 0.2) is 0 Å². The van der Waals surface area contributed by atoms with E-state index in [-0.39, 0.29) is 6.42 Å². The molecule has 0 heterocycles. The Hall–Kier alpha value is -2.30. The van der Waals surface area contributed by atoms with Gasteiger partial charge < -0.3 is 20.0 Å². The van der Waals surface area contributed by atoms with Gasteiger partial charge in [0, 0.05) is 18.4 Å². The van der Waals surface area contributed by atoms with Crippen LogP contribution in [0.4, 0.5) is 4.79 Å². The number of benzene rings is 1. The summed E-state index contributed by atoms with van der Waals surface area (Å²) in [6, 6.07) is 9.05. The summed E-state index contributed by atoms with van der Waals surface area (Å²) in [4.78, 5) is 22.5. The third-order valence-electron chi connectivity index (χ3n) is 2.66. The zero-order valence-corrected chi connectivity index (χ0v) is 13.2. The minimum atomic E-state index is -1.21. The van der Waals surface area contributed by atoms with Crippen molar-refractivity contribution in [1.82, 2.24) is 5.32 Å². The summed E-state index contributed by atoms with van der Waals surface area (Å²) in [5.41, 5.74) is 0.377. The minimum absolute atomic E-state index is 0.266. The van der Waals surface area contributed by atoms with E-state index in [0.29, 0.717) is 6.42 Å². The molecule has 1 aromatic carbocycles. The highest BCUT2D eigenvalue weighted by Gasteiger charge is 2.19. The number of hydrogen-bond acceptors (Lipinski definition) is 4. The Labute approximate surface area is 131 Å². The van der Waals surface area contributed by atoms with Crippen LogP contribution in [0.2, 0.25) is 0 Å². The van der Waals surface area contributed by atoms with Crippen LogP contribution in [-0.2, 0) is 9.53 Å². The van der Waals surface area contributed by atoms with Crippen LogP contribution in [0, 0.1) is 0 Å². The monoisotopic (exact) mass is 304 g/mol. The van der Waals surface area contributed by atoms with Gasteiger partial charge in [0.05, 0.1) is 0 Å². The molecule has 120 valence electrons. The summed E-state index contributed by atoms with van der Waals surface area (Å²) in [5, 5.41) is 13.3. The van der Waals surface area contributed by atoms with E-state index < -0.39 is 23.7 Å². The molecule has 1 rings (SSSR count). The van der Waals surface area contributed by atoms with Crippen molar-refractivity contribution in [2.24, 2.45) is 0 Å². The van der Waals surface area contributed by atoms with Crippen molar-refractivity contribution in [3.63, 3.8) is 0 Å². The lowest BCUT2D eigenvalue weighted by Gasteiger charge is -2.23. The van der Waals surface area contributed by atoms with Crippen molar-refractivity contribution >= 4 is 18.1 Å². The largest absolute Gasteiger partial charge is 0.550 e. The maximum absolute atomic E-state index is 11.7. The maximum atomic E-state index is 11.7. The number of rotatable bonds is 6. The highest BCUT2D eigenvalue weighted by atomic mass is 16.6. The first-order valence-electron chi connectivity index (χ1n) is 7.17. The van der Waals surface area contributed by atoms with E-state index in [1.54, 1.807) is 20.8 Å². The van der Waals surface area contributed by atoms with E-state index in [2.05, 4.69) is 5.32 Å². The lowest BCUT2D eigenvalue weighted by atomic mass is 10.1. The highest BCUT2D eigenvalue weighted by Crippen LogP contribution is 2.09. The first-order chi connectivity index (χ1) is 10.3. The molecule has 0 aromatic heterocycles. The van der Waals surface area contributed by atoms with Crippen molar-refractivity contribution in [3.05, 3.63) is 42.0 Å². The molecule has 1 aromatic rings. The first kappa shape index (κ1) is 17.8. The number of alkyl carbamates (subject to hydrolysis) is 1. The number of amides is 1. The fraction of sp³-hybridized carbons (Fsp3) is 0.412. The molecule has 1 N–H and O–H groups in total. The number of ether oxygens (including phenoxy) is 1. The molecule has 5 heteroatoms. The van der Waals surface area contributed by atoms with Crippen LogP contribution in [0.15, 0.2) is 36.4 Å². The number of carbonyl (C=O) groups excluding carboxylic acids is 2. The van der Waals surface area contributed by atoms with Gasteiger partial charge >= 0.3 is 6.09 Å². The van der Waals surface area contributed by atoms with Gasteiger partial charge in [0.25, 0.3) is 0 Å². The zero-order chi connectivity index (χ0) is 16.6. The predicted molar refractivity (Wildman–Crippen MR) is 82.9 cm³/mol. The average molecular weight is 304 g/mol. The lowest BCUT2D eigenvalue weighted by Crippen LogP contribution is -2.42. The number of carboxylic acids is 1. The summed E-state index contributed by atoms with van der Waals surface area (Å²) in [7, 11) is 0. The molecule has 1 atom stereocenters. The topological polar surface area (TPSA) is 78.5 Å². The van der Waals surface area contributed by atoms with Crippen molar-refractivity contribution < 1.29 is 19.4 Å². The molecular formula is C17H22NO4-. The maximum Gasteiger partial charge on any atom is 0.407 e. The molecule has 1 amide bonds. The molecular weight excluding hydrogens is 282 g/mol. The van der Waals surface area contributed by atoms with Gasteiger partial charge in [-0.25, -0.2) is 4.79 Å². The van der Waals surface area contributed by atoms with Crippen molar-refractivity contribution in [1.29, 1.82) is 0 Å². The fourth-order valence-corrected chi connectivity index (χ4v) is 1.80. The zero-order valence-electron chi connectivity index (χ0n) is 13.2. The van der Waals surface area contributed by atoms with Crippen LogP contribution >= 0.6 is 0 Å². The van der Waals surface area contributed by atoms with E-state index in [1.807, 2.05) is 42.5 Å². The Morgan fingerprint density at radius 3 is 2.45 bits per heavy atom. The number of aliphatic carboxylic acids is 1. The second kappa shape index (κ2) is 8.22. The van der Waals surface area contributed by atoms with Crippen LogP contribution in [0.5, 0.6) is 0 Å². The Balaban J connectivity index is 2.59. The summed E-state index contributed by atoms with van der Waals surface area (Å²) in [6.07, 6.45) is 3.17. The van der Waals surface area contributed by atoms with Crippen molar-refractivity contribution in [2.45, 2.75) is 45.3 Å². The normalized spacial score (nSPS) is 12.9. The smallest absolute Gasteiger partial charge is 0.407 e. The van der Waals surface area contributed by atoms with E-state index >= 15 is 0 Å². The molecule has 0 spiro atoms. The second-order valence-corrected chi connectivity index (χ2v) is 5.97. The van der Waals surface area contributed by atoms with Crippen molar-refractivity contribution in [3.8, 4) is 0 Å².